The summed E-state index contributed by atoms with van der Waals surface area (Å²) >= 11 is 10.8. The number of halogens is 3. The third kappa shape index (κ3) is 4.22. The summed E-state index contributed by atoms with van der Waals surface area (Å²) in [6.07, 6.45) is 1.92. The molecule has 0 fully saturated rings. The summed E-state index contributed by atoms with van der Waals surface area (Å²) in [4.78, 5) is 13.1. The number of carbonyl (C=O) groups is 1. The first-order chi connectivity index (χ1) is 10.0. The Morgan fingerprint density at radius 1 is 1.33 bits per heavy atom. The minimum absolute atomic E-state index is 0.101. The lowest BCUT2D eigenvalue weighted by atomic mass is 10.2. The summed E-state index contributed by atoms with van der Waals surface area (Å²) in [7, 11) is 0. The summed E-state index contributed by atoms with van der Waals surface area (Å²) < 4.78 is 14.4. The zero-order chi connectivity index (χ0) is 15.4. The van der Waals surface area contributed by atoms with Crippen molar-refractivity contribution in [2.45, 2.75) is 11.4 Å². The molecule has 21 heavy (non-hydrogen) atoms. The van der Waals surface area contributed by atoms with Crippen molar-refractivity contribution >= 4 is 45.2 Å². The fourth-order valence-electron chi connectivity index (χ4n) is 1.75. The lowest BCUT2D eigenvalue weighted by Gasteiger charge is -2.09. The van der Waals surface area contributed by atoms with E-state index >= 15 is 0 Å². The molecule has 0 radical (unpaired) electrons. The summed E-state index contributed by atoms with van der Waals surface area (Å²) in [5.41, 5.74) is 0.800. The standard InChI is InChI=1S/C15H12BrClFNOS/c1-21-11-3-4-13(17)12(7-11)15(20)19-8-9-6-10(16)2-5-14(9)18/h2-7H,8H2,1H3,(H,19,20). The molecule has 110 valence electrons. The van der Waals surface area contributed by atoms with Crippen LogP contribution in [0.15, 0.2) is 45.8 Å². The first kappa shape index (κ1) is 16.3. The first-order valence-corrected chi connectivity index (χ1v) is 8.46. The Balaban J connectivity index is 2.13. The maximum absolute atomic E-state index is 13.6. The summed E-state index contributed by atoms with van der Waals surface area (Å²) in [5.74, 6) is -0.683. The predicted molar refractivity (Wildman–Crippen MR) is 88.5 cm³/mol. The third-order valence-electron chi connectivity index (χ3n) is 2.87. The molecule has 6 heteroatoms. The fourth-order valence-corrected chi connectivity index (χ4v) is 2.81. The molecule has 0 aliphatic carbocycles. The van der Waals surface area contributed by atoms with Gasteiger partial charge in [-0.3, -0.25) is 4.79 Å². The van der Waals surface area contributed by atoms with E-state index in [0.29, 0.717) is 16.1 Å². The van der Waals surface area contributed by atoms with Gasteiger partial charge in [-0.25, -0.2) is 4.39 Å². The number of thioether (sulfide) groups is 1. The van der Waals surface area contributed by atoms with Gasteiger partial charge >= 0.3 is 0 Å². The largest absolute Gasteiger partial charge is 0.348 e. The van der Waals surface area contributed by atoms with Crippen LogP contribution in [-0.2, 0) is 6.54 Å². The van der Waals surface area contributed by atoms with Crippen LogP contribution in [0.2, 0.25) is 5.02 Å². The van der Waals surface area contributed by atoms with Gasteiger partial charge in [0.05, 0.1) is 10.6 Å². The molecular weight excluding hydrogens is 377 g/mol. The van der Waals surface area contributed by atoms with Gasteiger partial charge in [0.15, 0.2) is 0 Å². The number of rotatable bonds is 4. The van der Waals surface area contributed by atoms with E-state index in [4.69, 9.17) is 11.6 Å². The number of hydrogen-bond donors (Lipinski definition) is 1. The molecule has 0 spiro atoms. The molecule has 2 aromatic rings. The van der Waals surface area contributed by atoms with Gasteiger partial charge in [0.1, 0.15) is 5.82 Å². The quantitative estimate of drug-likeness (QED) is 0.755. The van der Waals surface area contributed by atoms with E-state index in [2.05, 4.69) is 21.2 Å². The van der Waals surface area contributed by atoms with Gasteiger partial charge in [0, 0.05) is 21.5 Å². The maximum atomic E-state index is 13.6. The highest BCUT2D eigenvalue weighted by molar-refractivity contribution is 9.10. The van der Waals surface area contributed by atoms with Crippen LogP contribution in [-0.4, -0.2) is 12.2 Å². The van der Waals surface area contributed by atoms with Gasteiger partial charge in [0.25, 0.3) is 5.91 Å². The third-order valence-corrected chi connectivity index (χ3v) is 4.41. The lowest BCUT2D eigenvalue weighted by Crippen LogP contribution is -2.23. The van der Waals surface area contributed by atoms with Crippen LogP contribution in [0.5, 0.6) is 0 Å². The Labute approximate surface area is 140 Å². The van der Waals surface area contributed by atoms with Crippen molar-refractivity contribution in [3.8, 4) is 0 Å². The van der Waals surface area contributed by atoms with Crippen molar-refractivity contribution in [2.75, 3.05) is 6.26 Å². The minimum Gasteiger partial charge on any atom is -0.348 e. The highest BCUT2D eigenvalue weighted by atomic mass is 79.9. The summed E-state index contributed by atoms with van der Waals surface area (Å²) in [6.45, 7) is 0.101. The van der Waals surface area contributed by atoms with Crippen LogP contribution in [0.3, 0.4) is 0 Å². The number of hydrogen-bond acceptors (Lipinski definition) is 2. The summed E-state index contributed by atoms with van der Waals surface area (Å²) in [5, 5.41) is 3.06. The van der Waals surface area contributed by atoms with E-state index < -0.39 is 0 Å². The van der Waals surface area contributed by atoms with Gasteiger partial charge in [-0.15, -0.1) is 11.8 Å². The van der Waals surface area contributed by atoms with E-state index in [-0.39, 0.29) is 18.3 Å². The molecule has 1 N–H and O–H groups in total. The second kappa shape index (κ2) is 7.29. The van der Waals surface area contributed by atoms with E-state index in [1.165, 1.54) is 17.8 Å². The second-order valence-corrected chi connectivity index (χ2v) is 6.47. The number of benzene rings is 2. The van der Waals surface area contributed by atoms with Gasteiger partial charge in [-0.2, -0.15) is 0 Å². The molecule has 2 nitrogen and oxygen atoms in total. The lowest BCUT2D eigenvalue weighted by molar-refractivity contribution is 0.0950. The van der Waals surface area contributed by atoms with Gasteiger partial charge in [-0.05, 0) is 42.7 Å². The minimum atomic E-state index is -0.359. The van der Waals surface area contributed by atoms with Crippen molar-refractivity contribution in [2.24, 2.45) is 0 Å². The Morgan fingerprint density at radius 2 is 2.10 bits per heavy atom. The zero-order valence-electron chi connectivity index (χ0n) is 11.1. The van der Waals surface area contributed by atoms with Crippen molar-refractivity contribution in [3.05, 3.63) is 62.8 Å². The molecule has 1 amide bonds. The van der Waals surface area contributed by atoms with Crippen LogP contribution in [0, 0.1) is 5.82 Å². The van der Waals surface area contributed by atoms with Crippen molar-refractivity contribution in [3.63, 3.8) is 0 Å². The molecule has 0 aliphatic rings. The molecule has 0 aromatic heterocycles. The zero-order valence-corrected chi connectivity index (χ0v) is 14.3. The average Bonchev–Trinajstić information content (AvgIpc) is 2.48. The molecular formula is C15H12BrClFNOS. The van der Waals surface area contributed by atoms with Crippen molar-refractivity contribution in [1.29, 1.82) is 0 Å². The van der Waals surface area contributed by atoms with Crippen LogP contribution in [0.25, 0.3) is 0 Å². The van der Waals surface area contributed by atoms with E-state index in [1.807, 2.05) is 12.3 Å². The Morgan fingerprint density at radius 3 is 2.81 bits per heavy atom. The van der Waals surface area contributed by atoms with Crippen molar-refractivity contribution < 1.29 is 9.18 Å². The van der Waals surface area contributed by atoms with Crippen LogP contribution < -0.4 is 5.32 Å². The topological polar surface area (TPSA) is 29.1 Å². The monoisotopic (exact) mass is 387 g/mol. The fraction of sp³-hybridized carbons (Fsp3) is 0.133. The number of nitrogens with one attached hydrogen (secondary N) is 1. The van der Waals surface area contributed by atoms with Crippen LogP contribution in [0.1, 0.15) is 15.9 Å². The van der Waals surface area contributed by atoms with Gasteiger partial charge in [0.2, 0.25) is 0 Å². The normalized spacial score (nSPS) is 10.5. The van der Waals surface area contributed by atoms with E-state index in [9.17, 15) is 9.18 Å². The SMILES string of the molecule is CSc1ccc(Cl)c(C(=O)NCc2cc(Br)ccc2F)c1. The molecule has 0 aliphatic heterocycles. The molecule has 0 bridgehead atoms. The molecule has 0 atom stereocenters. The van der Waals surface area contributed by atoms with Crippen LogP contribution >= 0.6 is 39.3 Å². The molecule has 0 unspecified atom stereocenters. The first-order valence-electron chi connectivity index (χ1n) is 6.07. The molecule has 0 saturated heterocycles. The highest BCUT2D eigenvalue weighted by Crippen LogP contribution is 2.23. The second-order valence-electron chi connectivity index (χ2n) is 4.26. The Kier molecular flexibility index (Phi) is 5.67. The van der Waals surface area contributed by atoms with E-state index in [1.54, 1.807) is 24.3 Å². The predicted octanol–water partition coefficient (Wildman–Crippen LogP) is 4.89. The number of carbonyl (C=O) groups excluding carboxylic acids is 1. The average molecular weight is 389 g/mol. The summed E-state index contributed by atoms with van der Waals surface area (Å²) in [6, 6.07) is 9.85. The Bertz CT molecular complexity index is 681. The number of amides is 1. The molecule has 0 saturated carbocycles. The Hall–Kier alpha value is -1.04. The van der Waals surface area contributed by atoms with Crippen molar-refractivity contribution in [1.82, 2.24) is 5.32 Å². The maximum Gasteiger partial charge on any atom is 0.253 e. The smallest absolute Gasteiger partial charge is 0.253 e. The van der Waals surface area contributed by atoms with Gasteiger partial charge < -0.3 is 5.32 Å². The molecule has 2 rings (SSSR count). The molecule has 0 heterocycles. The molecule has 2 aromatic carbocycles. The highest BCUT2D eigenvalue weighted by Gasteiger charge is 2.12. The van der Waals surface area contributed by atoms with Crippen LogP contribution in [0.4, 0.5) is 4.39 Å². The van der Waals surface area contributed by atoms with E-state index in [0.717, 1.165) is 9.37 Å². The van der Waals surface area contributed by atoms with Gasteiger partial charge in [-0.1, -0.05) is 27.5 Å².